The first-order valence-corrected chi connectivity index (χ1v) is 14.1. The van der Waals surface area contributed by atoms with Crippen molar-refractivity contribution >= 4 is 56.2 Å². The number of hydrogen-bond donors (Lipinski definition) is 2. The summed E-state index contributed by atoms with van der Waals surface area (Å²) in [4.78, 5) is 47.6. The van der Waals surface area contributed by atoms with E-state index in [1.807, 2.05) is 0 Å². The second kappa shape index (κ2) is 12.8. The molecule has 2 amide bonds. The summed E-state index contributed by atoms with van der Waals surface area (Å²) in [5.41, 5.74) is 0.808. The summed E-state index contributed by atoms with van der Waals surface area (Å²) in [6, 6.07) is 15.2. The standard InChI is InChI=1S/C28H20F2N4O6S2/c1-15-11-17(3-7-23(15)33(37)38)27(35)31-21-13-19(29)5-9-25(21)41-42-26-10-6-20(30)14-22(26)32-28(36)18-4-8-24(34(39)40)16(2)12-18/h3-14H,1-2H3,(H,31,35)(H,32,36). The topological polar surface area (TPSA) is 144 Å². The first-order chi connectivity index (χ1) is 19.9. The minimum atomic E-state index is -0.618. The van der Waals surface area contributed by atoms with Crippen molar-refractivity contribution in [3.05, 3.63) is 127 Å². The largest absolute Gasteiger partial charge is 0.321 e. The molecule has 42 heavy (non-hydrogen) atoms. The Labute approximate surface area is 245 Å². The Hall–Kier alpha value is -4.82. The quantitative estimate of drug-likeness (QED) is 0.111. The third-order valence-electron chi connectivity index (χ3n) is 5.91. The summed E-state index contributed by atoms with van der Waals surface area (Å²) in [5, 5.41) is 27.4. The van der Waals surface area contributed by atoms with Crippen LogP contribution >= 0.6 is 21.6 Å². The monoisotopic (exact) mass is 610 g/mol. The molecule has 2 N–H and O–H groups in total. The first-order valence-electron chi connectivity index (χ1n) is 12.0. The van der Waals surface area contributed by atoms with Gasteiger partial charge in [0.25, 0.3) is 23.2 Å². The minimum absolute atomic E-state index is 0.127. The van der Waals surface area contributed by atoms with Crippen molar-refractivity contribution in [1.82, 2.24) is 0 Å². The number of anilines is 2. The molecule has 0 bridgehead atoms. The highest BCUT2D eigenvalue weighted by Crippen LogP contribution is 2.44. The number of aryl methyl sites for hydroxylation is 2. The molecule has 4 aromatic rings. The molecule has 0 saturated carbocycles. The van der Waals surface area contributed by atoms with Crippen LogP contribution in [0.5, 0.6) is 0 Å². The van der Waals surface area contributed by atoms with Crippen LogP contribution in [0.3, 0.4) is 0 Å². The van der Waals surface area contributed by atoms with E-state index in [4.69, 9.17) is 0 Å². The third-order valence-corrected chi connectivity index (χ3v) is 8.39. The molecule has 10 nitrogen and oxygen atoms in total. The van der Waals surface area contributed by atoms with Gasteiger partial charge in [0, 0.05) is 44.2 Å². The Bertz CT molecular complexity index is 1620. The fourth-order valence-corrected chi connectivity index (χ4v) is 6.06. The molecule has 0 spiro atoms. The summed E-state index contributed by atoms with van der Waals surface area (Å²) >= 11 is 0. The van der Waals surface area contributed by atoms with Crippen LogP contribution in [0, 0.1) is 45.7 Å². The molecule has 0 fully saturated rings. The van der Waals surface area contributed by atoms with Crippen molar-refractivity contribution in [2.45, 2.75) is 23.6 Å². The number of nitro benzene ring substituents is 2. The van der Waals surface area contributed by atoms with Crippen LogP contribution < -0.4 is 10.6 Å². The van der Waals surface area contributed by atoms with Gasteiger partial charge in [-0.15, -0.1) is 0 Å². The van der Waals surface area contributed by atoms with Crippen LogP contribution in [0.4, 0.5) is 31.5 Å². The van der Waals surface area contributed by atoms with Gasteiger partial charge in [-0.3, -0.25) is 29.8 Å². The average molecular weight is 611 g/mol. The highest BCUT2D eigenvalue weighted by Gasteiger charge is 2.18. The van der Waals surface area contributed by atoms with Gasteiger partial charge in [-0.2, -0.15) is 0 Å². The molecule has 0 aromatic heterocycles. The van der Waals surface area contributed by atoms with Crippen molar-refractivity contribution in [3.63, 3.8) is 0 Å². The van der Waals surface area contributed by atoms with Gasteiger partial charge in [0.2, 0.25) is 0 Å². The van der Waals surface area contributed by atoms with Gasteiger partial charge in [0.05, 0.1) is 21.2 Å². The number of benzene rings is 4. The SMILES string of the molecule is Cc1cc(C(=O)Nc2cc(F)ccc2SSc2ccc(F)cc2NC(=O)c2ccc([N+](=O)[O-])c(C)c2)ccc1[N+](=O)[O-]. The zero-order chi connectivity index (χ0) is 30.6. The Kier molecular flexibility index (Phi) is 9.18. The summed E-state index contributed by atoms with van der Waals surface area (Å²) in [6.45, 7) is 2.99. The fraction of sp³-hybridized carbons (Fsp3) is 0.0714. The number of carbonyl (C=O) groups excluding carboxylic acids is 2. The lowest BCUT2D eigenvalue weighted by molar-refractivity contribution is -0.385. The van der Waals surface area contributed by atoms with E-state index in [1.165, 1.54) is 74.5 Å². The number of nitro groups is 2. The molecule has 214 valence electrons. The molecule has 0 aliphatic heterocycles. The molecular weight excluding hydrogens is 590 g/mol. The van der Waals surface area contributed by atoms with E-state index < -0.39 is 33.3 Å². The minimum Gasteiger partial charge on any atom is -0.321 e. The maximum absolute atomic E-state index is 14.1. The van der Waals surface area contributed by atoms with Crippen molar-refractivity contribution < 1.29 is 28.2 Å². The molecule has 0 radical (unpaired) electrons. The Morgan fingerprint density at radius 1 is 0.643 bits per heavy atom. The van der Waals surface area contributed by atoms with Crippen LogP contribution in [-0.2, 0) is 0 Å². The predicted octanol–water partition coefficient (Wildman–Crippen LogP) is 7.70. The molecule has 4 rings (SSSR count). The van der Waals surface area contributed by atoms with Crippen LogP contribution in [0.25, 0.3) is 0 Å². The molecular formula is C28H20F2N4O6S2. The predicted molar refractivity (Wildman–Crippen MR) is 156 cm³/mol. The first kappa shape index (κ1) is 30.1. The van der Waals surface area contributed by atoms with Crippen LogP contribution in [-0.4, -0.2) is 21.7 Å². The number of halogens is 2. The summed E-state index contributed by atoms with van der Waals surface area (Å²) in [6.07, 6.45) is 0. The van der Waals surface area contributed by atoms with E-state index in [0.29, 0.717) is 9.79 Å². The van der Waals surface area contributed by atoms with Crippen molar-refractivity contribution in [3.8, 4) is 0 Å². The number of rotatable bonds is 9. The lowest BCUT2D eigenvalue weighted by Gasteiger charge is -2.13. The van der Waals surface area contributed by atoms with E-state index >= 15 is 0 Å². The zero-order valence-corrected chi connectivity index (χ0v) is 23.5. The van der Waals surface area contributed by atoms with Crippen LogP contribution in [0.15, 0.2) is 82.6 Å². The molecule has 0 heterocycles. The van der Waals surface area contributed by atoms with Gasteiger partial charge >= 0.3 is 0 Å². The normalized spacial score (nSPS) is 10.7. The Morgan fingerprint density at radius 3 is 1.36 bits per heavy atom. The molecule has 0 saturated heterocycles. The molecule has 0 aliphatic rings. The van der Waals surface area contributed by atoms with Crippen molar-refractivity contribution in [1.29, 1.82) is 0 Å². The van der Waals surface area contributed by atoms with E-state index in [0.717, 1.165) is 33.7 Å². The van der Waals surface area contributed by atoms with E-state index in [1.54, 1.807) is 0 Å². The Balaban J connectivity index is 1.53. The second-order valence-electron chi connectivity index (χ2n) is 8.87. The van der Waals surface area contributed by atoms with Gasteiger partial charge in [-0.05, 0) is 74.5 Å². The second-order valence-corrected chi connectivity index (χ2v) is 11.1. The number of nitrogens with zero attached hydrogens (tertiary/aromatic N) is 2. The smallest absolute Gasteiger partial charge is 0.272 e. The molecule has 0 atom stereocenters. The van der Waals surface area contributed by atoms with Gasteiger partial charge in [-0.1, -0.05) is 21.6 Å². The van der Waals surface area contributed by atoms with Gasteiger partial charge in [0.1, 0.15) is 11.6 Å². The molecule has 4 aromatic carbocycles. The number of nitrogens with one attached hydrogen (secondary N) is 2. The summed E-state index contributed by atoms with van der Waals surface area (Å²) in [5.74, 6) is -2.46. The number of amides is 2. The van der Waals surface area contributed by atoms with Gasteiger partial charge in [0.15, 0.2) is 0 Å². The maximum atomic E-state index is 14.1. The molecule has 0 aliphatic carbocycles. The van der Waals surface area contributed by atoms with Crippen LogP contribution in [0.2, 0.25) is 0 Å². The average Bonchev–Trinajstić information content (AvgIpc) is 2.92. The van der Waals surface area contributed by atoms with Crippen LogP contribution in [0.1, 0.15) is 31.8 Å². The Morgan fingerprint density at radius 2 is 1.02 bits per heavy atom. The van der Waals surface area contributed by atoms with E-state index in [9.17, 15) is 38.6 Å². The third kappa shape index (κ3) is 7.08. The van der Waals surface area contributed by atoms with Gasteiger partial charge in [-0.25, -0.2) is 8.78 Å². The maximum Gasteiger partial charge on any atom is 0.272 e. The summed E-state index contributed by atoms with van der Waals surface area (Å²) < 4.78 is 28.2. The van der Waals surface area contributed by atoms with Crippen molar-refractivity contribution in [2.75, 3.05) is 10.6 Å². The van der Waals surface area contributed by atoms with E-state index in [-0.39, 0.29) is 45.0 Å². The molecule has 14 heteroatoms. The van der Waals surface area contributed by atoms with E-state index in [2.05, 4.69) is 10.6 Å². The number of hydrogen-bond acceptors (Lipinski definition) is 8. The fourth-order valence-electron chi connectivity index (χ4n) is 3.83. The lowest BCUT2D eigenvalue weighted by atomic mass is 10.1. The number of carbonyl (C=O) groups is 2. The highest BCUT2D eigenvalue weighted by molar-refractivity contribution is 8.76. The highest BCUT2D eigenvalue weighted by atomic mass is 33.1. The van der Waals surface area contributed by atoms with Gasteiger partial charge < -0.3 is 10.6 Å². The van der Waals surface area contributed by atoms with Crippen molar-refractivity contribution in [2.24, 2.45) is 0 Å². The lowest BCUT2D eigenvalue weighted by Crippen LogP contribution is -2.13. The molecule has 0 unspecified atom stereocenters. The summed E-state index contributed by atoms with van der Waals surface area (Å²) in [7, 11) is 2.21. The zero-order valence-electron chi connectivity index (χ0n) is 21.8.